The molecule has 1 N–H and O–H groups in total. The van der Waals surface area contributed by atoms with E-state index in [-0.39, 0.29) is 30.7 Å². The van der Waals surface area contributed by atoms with E-state index < -0.39 is 11.9 Å². The molecule has 0 aromatic heterocycles. The zero-order valence-corrected chi connectivity index (χ0v) is 14.9. The molecular formula is C19H24N2O5. The maximum atomic E-state index is 12.7. The summed E-state index contributed by atoms with van der Waals surface area (Å²) in [5.74, 6) is -1.11. The fraction of sp³-hybridized carbons (Fsp3) is 0.526. The third-order valence-electron chi connectivity index (χ3n) is 5.18. The molecule has 3 rings (SSSR count). The second-order valence-corrected chi connectivity index (χ2v) is 6.99. The van der Waals surface area contributed by atoms with E-state index in [1.54, 1.807) is 16.9 Å². The van der Waals surface area contributed by atoms with Crippen LogP contribution in [0.4, 0.5) is 0 Å². The van der Waals surface area contributed by atoms with Gasteiger partial charge in [0.1, 0.15) is 5.75 Å². The highest BCUT2D eigenvalue weighted by Gasteiger charge is 2.38. The SMILES string of the molecule is COc1ccc(CN2CC(C(=O)N3CCCC(C(=O)O)C3)CC2=O)cc1. The lowest BCUT2D eigenvalue weighted by Crippen LogP contribution is -2.45. The maximum Gasteiger partial charge on any atom is 0.308 e. The lowest BCUT2D eigenvalue weighted by Gasteiger charge is -2.32. The van der Waals surface area contributed by atoms with Crippen molar-refractivity contribution >= 4 is 17.8 Å². The first-order valence-electron chi connectivity index (χ1n) is 8.90. The molecule has 2 unspecified atom stereocenters. The largest absolute Gasteiger partial charge is 0.497 e. The number of rotatable bonds is 5. The summed E-state index contributed by atoms with van der Waals surface area (Å²) >= 11 is 0. The van der Waals surface area contributed by atoms with Gasteiger partial charge in [-0.3, -0.25) is 14.4 Å². The molecule has 2 heterocycles. The van der Waals surface area contributed by atoms with Crippen molar-refractivity contribution in [3.8, 4) is 5.75 Å². The fourth-order valence-electron chi connectivity index (χ4n) is 3.68. The second-order valence-electron chi connectivity index (χ2n) is 6.99. The number of benzene rings is 1. The normalized spacial score (nSPS) is 23.2. The first kappa shape index (κ1) is 18.2. The number of methoxy groups -OCH3 is 1. The molecule has 7 nitrogen and oxygen atoms in total. The summed E-state index contributed by atoms with van der Waals surface area (Å²) in [5.41, 5.74) is 0.983. The molecule has 0 spiro atoms. The van der Waals surface area contributed by atoms with Gasteiger partial charge in [0.15, 0.2) is 0 Å². The molecule has 0 aliphatic carbocycles. The highest BCUT2D eigenvalue weighted by atomic mass is 16.5. The monoisotopic (exact) mass is 360 g/mol. The molecule has 2 amide bonds. The first-order chi connectivity index (χ1) is 12.5. The van der Waals surface area contributed by atoms with Gasteiger partial charge < -0.3 is 19.6 Å². The molecule has 7 heteroatoms. The Labute approximate surface area is 152 Å². The van der Waals surface area contributed by atoms with E-state index in [1.165, 1.54) is 0 Å². The number of carboxylic acid groups (broad SMARTS) is 1. The summed E-state index contributed by atoms with van der Waals surface area (Å²) < 4.78 is 5.13. The van der Waals surface area contributed by atoms with E-state index in [0.717, 1.165) is 11.3 Å². The van der Waals surface area contributed by atoms with Crippen molar-refractivity contribution in [2.75, 3.05) is 26.7 Å². The highest BCUT2D eigenvalue weighted by molar-refractivity contribution is 5.89. The van der Waals surface area contributed by atoms with Crippen LogP contribution in [0.2, 0.25) is 0 Å². The number of likely N-dealkylation sites (tertiary alicyclic amines) is 2. The van der Waals surface area contributed by atoms with E-state index in [2.05, 4.69) is 0 Å². The summed E-state index contributed by atoms with van der Waals surface area (Å²) in [6, 6.07) is 7.50. The molecule has 0 bridgehead atoms. The first-order valence-corrected chi connectivity index (χ1v) is 8.90. The van der Waals surface area contributed by atoms with Crippen LogP contribution in [0.1, 0.15) is 24.8 Å². The van der Waals surface area contributed by atoms with Crippen LogP contribution in [0, 0.1) is 11.8 Å². The number of amides is 2. The Kier molecular flexibility index (Phi) is 5.44. The van der Waals surface area contributed by atoms with E-state index in [1.807, 2.05) is 24.3 Å². The Morgan fingerprint density at radius 3 is 2.58 bits per heavy atom. The Hall–Kier alpha value is -2.57. The van der Waals surface area contributed by atoms with E-state index in [9.17, 15) is 19.5 Å². The number of carbonyl (C=O) groups excluding carboxylic acids is 2. The smallest absolute Gasteiger partial charge is 0.308 e. The summed E-state index contributed by atoms with van der Waals surface area (Å²) in [7, 11) is 1.60. The van der Waals surface area contributed by atoms with Crippen molar-refractivity contribution in [3.63, 3.8) is 0 Å². The Balaban J connectivity index is 1.59. The summed E-state index contributed by atoms with van der Waals surface area (Å²) in [6.07, 6.45) is 1.49. The third kappa shape index (κ3) is 3.98. The minimum absolute atomic E-state index is 0.0361. The number of piperidine rings is 1. The molecule has 140 valence electrons. The predicted molar refractivity (Wildman–Crippen MR) is 93.5 cm³/mol. The van der Waals surface area contributed by atoms with Crippen molar-refractivity contribution in [2.24, 2.45) is 11.8 Å². The minimum Gasteiger partial charge on any atom is -0.497 e. The van der Waals surface area contributed by atoms with Crippen molar-refractivity contribution in [1.82, 2.24) is 9.80 Å². The summed E-state index contributed by atoms with van der Waals surface area (Å²) in [6.45, 7) is 1.67. The van der Waals surface area contributed by atoms with Gasteiger partial charge >= 0.3 is 5.97 Å². The Bertz CT molecular complexity index is 688. The van der Waals surface area contributed by atoms with Crippen LogP contribution >= 0.6 is 0 Å². The average Bonchev–Trinajstić information content (AvgIpc) is 3.02. The summed E-state index contributed by atoms with van der Waals surface area (Å²) in [4.78, 5) is 39.5. The number of hydrogen-bond acceptors (Lipinski definition) is 4. The number of carbonyl (C=O) groups is 3. The van der Waals surface area contributed by atoms with Crippen LogP contribution in [0.15, 0.2) is 24.3 Å². The van der Waals surface area contributed by atoms with Crippen LogP contribution in [0.5, 0.6) is 5.75 Å². The van der Waals surface area contributed by atoms with Gasteiger partial charge in [-0.2, -0.15) is 0 Å². The molecule has 2 aliphatic heterocycles. The number of nitrogens with zero attached hydrogens (tertiary/aromatic N) is 2. The molecular weight excluding hydrogens is 336 g/mol. The van der Waals surface area contributed by atoms with Crippen LogP contribution in [0.3, 0.4) is 0 Å². The number of ether oxygens (including phenoxy) is 1. The van der Waals surface area contributed by atoms with Gasteiger partial charge in [0.2, 0.25) is 11.8 Å². The van der Waals surface area contributed by atoms with E-state index in [0.29, 0.717) is 32.5 Å². The minimum atomic E-state index is -0.855. The quantitative estimate of drug-likeness (QED) is 0.857. The predicted octanol–water partition coefficient (Wildman–Crippen LogP) is 1.37. The second kappa shape index (κ2) is 7.76. The van der Waals surface area contributed by atoms with Crippen LogP contribution in [-0.4, -0.2) is 59.4 Å². The van der Waals surface area contributed by atoms with Crippen molar-refractivity contribution in [3.05, 3.63) is 29.8 Å². The van der Waals surface area contributed by atoms with E-state index >= 15 is 0 Å². The zero-order valence-electron chi connectivity index (χ0n) is 14.9. The van der Waals surface area contributed by atoms with Crippen molar-refractivity contribution in [2.45, 2.75) is 25.8 Å². The number of aliphatic carboxylic acids is 1. The molecule has 2 fully saturated rings. The molecule has 26 heavy (non-hydrogen) atoms. The number of hydrogen-bond donors (Lipinski definition) is 1. The van der Waals surface area contributed by atoms with E-state index in [4.69, 9.17) is 4.74 Å². The topological polar surface area (TPSA) is 87.2 Å². The van der Waals surface area contributed by atoms with Crippen molar-refractivity contribution < 1.29 is 24.2 Å². The van der Waals surface area contributed by atoms with Gasteiger partial charge in [-0.25, -0.2) is 0 Å². The van der Waals surface area contributed by atoms with Crippen LogP contribution < -0.4 is 4.74 Å². The Morgan fingerprint density at radius 2 is 1.92 bits per heavy atom. The standard InChI is InChI=1S/C19H24N2O5/c1-26-16-6-4-13(5-7-16)10-21-12-15(9-17(21)22)18(23)20-8-2-3-14(11-20)19(24)25/h4-7,14-15H,2-3,8-12H2,1H3,(H,24,25). The highest BCUT2D eigenvalue weighted by Crippen LogP contribution is 2.25. The van der Waals surface area contributed by atoms with Crippen LogP contribution in [-0.2, 0) is 20.9 Å². The molecule has 1 aromatic carbocycles. The molecule has 2 aliphatic rings. The zero-order chi connectivity index (χ0) is 18.7. The van der Waals surface area contributed by atoms with Crippen molar-refractivity contribution in [1.29, 1.82) is 0 Å². The van der Waals surface area contributed by atoms with Gasteiger partial charge in [0.05, 0.1) is 18.9 Å². The molecule has 2 saturated heterocycles. The van der Waals surface area contributed by atoms with Gasteiger partial charge in [-0.05, 0) is 30.5 Å². The summed E-state index contributed by atoms with van der Waals surface area (Å²) in [5, 5.41) is 9.18. The van der Waals surface area contributed by atoms with Gasteiger partial charge in [-0.1, -0.05) is 12.1 Å². The molecule has 0 saturated carbocycles. The van der Waals surface area contributed by atoms with Gasteiger partial charge in [0, 0.05) is 32.6 Å². The maximum absolute atomic E-state index is 12.7. The van der Waals surface area contributed by atoms with Gasteiger partial charge in [-0.15, -0.1) is 0 Å². The lowest BCUT2D eigenvalue weighted by atomic mass is 9.96. The molecule has 2 atom stereocenters. The molecule has 0 radical (unpaired) electrons. The third-order valence-corrected chi connectivity index (χ3v) is 5.18. The average molecular weight is 360 g/mol. The number of carboxylic acids is 1. The Morgan fingerprint density at radius 1 is 1.19 bits per heavy atom. The fourth-order valence-corrected chi connectivity index (χ4v) is 3.68. The van der Waals surface area contributed by atoms with Crippen LogP contribution in [0.25, 0.3) is 0 Å². The molecule has 1 aromatic rings. The lowest BCUT2D eigenvalue weighted by molar-refractivity contribution is -0.146. The van der Waals surface area contributed by atoms with Gasteiger partial charge in [0.25, 0.3) is 0 Å².